The molecule has 3 rings (SSSR count). The van der Waals surface area contributed by atoms with E-state index in [2.05, 4.69) is 5.32 Å². The van der Waals surface area contributed by atoms with Crippen molar-refractivity contribution in [2.24, 2.45) is 0 Å². The molecule has 0 atom stereocenters. The summed E-state index contributed by atoms with van der Waals surface area (Å²) in [7, 11) is 3.91. The molecule has 0 bridgehead atoms. The molecular formula is C20H19N3O4. The van der Waals surface area contributed by atoms with Crippen LogP contribution >= 0.6 is 0 Å². The quantitative estimate of drug-likeness (QED) is 0.650. The van der Waals surface area contributed by atoms with Crippen LogP contribution in [-0.2, 0) is 16.1 Å². The number of nitrogens with one attached hydrogen (secondary N) is 1. The molecule has 7 nitrogen and oxygen atoms in total. The Bertz CT molecular complexity index is 909. The first-order valence-electron chi connectivity index (χ1n) is 8.31. The Hall–Kier alpha value is -3.61. The van der Waals surface area contributed by atoms with Crippen molar-refractivity contribution in [2.45, 2.75) is 6.54 Å². The van der Waals surface area contributed by atoms with Crippen molar-refractivity contribution in [3.05, 3.63) is 71.7 Å². The molecule has 1 N–H and O–H groups in total. The Kier molecular flexibility index (Phi) is 5.21. The number of carbonyl (C=O) groups excluding carboxylic acids is 3. The van der Waals surface area contributed by atoms with E-state index in [0.717, 1.165) is 16.2 Å². The van der Waals surface area contributed by atoms with Crippen LogP contribution in [0.1, 0.15) is 11.3 Å². The summed E-state index contributed by atoms with van der Waals surface area (Å²) in [6, 6.07) is 10.3. The van der Waals surface area contributed by atoms with Crippen molar-refractivity contribution in [1.82, 2.24) is 10.2 Å². The highest BCUT2D eigenvalue weighted by Gasteiger charge is 2.35. The molecule has 1 aliphatic rings. The maximum atomic E-state index is 12.5. The smallest absolute Gasteiger partial charge is 0.331 e. The van der Waals surface area contributed by atoms with E-state index in [9.17, 15) is 14.4 Å². The first-order valence-corrected chi connectivity index (χ1v) is 8.31. The number of imide groups is 2. The number of hydrogen-bond donors (Lipinski definition) is 1. The van der Waals surface area contributed by atoms with Crippen LogP contribution in [-0.4, -0.2) is 36.8 Å². The van der Waals surface area contributed by atoms with Gasteiger partial charge in [-0.15, -0.1) is 0 Å². The van der Waals surface area contributed by atoms with E-state index in [1.165, 1.54) is 12.3 Å². The Balaban J connectivity index is 1.76. The van der Waals surface area contributed by atoms with Gasteiger partial charge in [0.1, 0.15) is 11.3 Å². The highest BCUT2D eigenvalue weighted by Crippen LogP contribution is 2.16. The number of anilines is 1. The van der Waals surface area contributed by atoms with E-state index in [1.54, 1.807) is 24.3 Å². The van der Waals surface area contributed by atoms with Gasteiger partial charge in [-0.25, -0.2) is 4.79 Å². The summed E-state index contributed by atoms with van der Waals surface area (Å²) in [6.45, 7) is -0.0437. The molecule has 1 saturated heterocycles. The van der Waals surface area contributed by atoms with Crippen molar-refractivity contribution >= 4 is 29.6 Å². The van der Waals surface area contributed by atoms with Gasteiger partial charge in [0, 0.05) is 19.8 Å². The lowest BCUT2D eigenvalue weighted by Crippen LogP contribution is -2.53. The molecule has 4 amide bonds. The van der Waals surface area contributed by atoms with Crippen LogP contribution in [0.25, 0.3) is 6.08 Å². The fraction of sp³-hybridized carbons (Fsp3) is 0.150. The molecular weight excluding hydrogens is 346 g/mol. The van der Waals surface area contributed by atoms with Gasteiger partial charge in [0.05, 0.1) is 12.8 Å². The number of urea groups is 1. The molecule has 0 spiro atoms. The highest BCUT2D eigenvalue weighted by molar-refractivity contribution is 6.28. The lowest BCUT2D eigenvalue weighted by Gasteiger charge is -2.25. The van der Waals surface area contributed by atoms with E-state index in [4.69, 9.17) is 4.42 Å². The first-order chi connectivity index (χ1) is 13.0. The maximum absolute atomic E-state index is 12.5. The van der Waals surface area contributed by atoms with E-state index < -0.39 is 17.8 Å². The number of rotatable bonds is 5. The van der Waals surface area contributed by atoms with Gasteiger partial charge < -0.3 is 9.32 Å². The fourth-order valence-corrected chi connectivity index (χ4v) is 2.55. The molecule has 2 aromatic rings. The third-order valence-electron chi connectivity index (χ3n) is 4.04. The molecule has 0 saturated carbocycles. The summed E-state index contributed by atoms with van der Waals surface area (Å²) < 4.78 is 5.16. The van der Waals surface area contributed by atoms with Crippen LogP contribution in [0.4, 0.5) is 10.5 Å². The van der Waals surface area contributed by atoms with Crippen LogP contribution in [0.3, 0.4) is 0 Å². The second kappa shape index (κ2) is 7.74. The minimum Gasteiger partial charge on any atom is -0.467 e. The topological polar surface area (TPSA) is 82.9 Å². The van der Waals surface area contributed by atoms with Gasteiger partial charge in [-0.2, -0.15) is 0 Å². The predicted molar refractivity (Wildman–Crippen MR) is 101 cm³/mol. The average molecular weight is 365 g/mol. The average Bonchev–Trinajstić information content (AvgIpc) is 3.15. The van der Waals surface area contributed by atoms with Gasteiger partial charge in [-0.3, -0.25) is 19.8 Å². The second-order valence-corrected chi connectivity index (χ2v) is 6.16. The summed E-state index contributed by atoms with van der Waals surface area (Å²) in [5, 5.41) is 2.17. The second-order valence-electron chi connectivity index (χ2n) is 6.16. The standard InChI is InChI=1S/C20H19N3O4/c1-22(2)15-10-8-14(9-11-15)5-3-7-17-18(24)21-20(26)23(19(17)25)13-16-6-4-12-27-16/h3-12H,13H2,1-2H3,(H,21,24,26). The van der Waals surface area contributed by atoms with Crippen LogP contribution < -0.4 is 10.2 Å². The highest BCUT2D eigenvalue weighted by atomic mass is 16.3. The molecule has 27 heavy (non-hydrogen) atoms. The third-order valence-corrected chi connectivity index (χ3v) is 4.04. The molecule has 2 heterocycles. The van der Waals surface area contributed by atoms with Crippen LogP contribution in [0.15, 0.2) is 64.8 Å². The molecule has 0 radical (unpaired) electrons. The zero-order valence-electron chi connectivity index (χ0n) is 15.0. The Labute approximate surface area is 156 Å². The number of amides is 4. The minimum absolute atomic E-state index is 0.0437. The zero-order chi connectivity index (χ0) is 19.4. The van der Waals surface area contributed by atoms with E-state index in [-0.39, 0.29) is 12.1 Å². The van der Waals surface area contributed by atoms with E-state index in [1.807, 2.05) is 43.3 Å². The molecule has 138 valence electrons. The van der Waals surface area contributed by atoms with Gasteiger partial charge in [0.15, 0.2) is 0 Å². The number of carbonyl (C=O) groups is 3. The summed E-state index contributed by atoms with van der Waals surface area (Å²) in [4.78, 5) is 39.4. The van der Waals surface area contributed by atoms with Crippen LogP contribution in [0.2, 0.25) is 0 Å². The Morgan fingerprint density at radius 2 is 1.85 bits per heavy atom. The minimum atomic E-state index is -0.762. The van der Waals surface area contributed by atoms with Crippen molar-refractivity contribution in [3.8, 4) is 0 Å². The summed E-state index contributed by atoms with van der Waals surface area (Å²) in [5.41, 5.74) is 1.88. The number of hydrogen-bond acceptors (Lipinski definition) is 5. The van der Waals surface area contributed by atoms with Gasteiger partial charge >= 0.3 is 6.03 Å². The third kappa shape index (κ3) is 4.14. The van der Waals surface area contributed by atoms with Crippen LogP contribution in [0.5, 0.6) is 0 Å². The van der Waals surface area contributed by atoms with E-state index in [0.29, 0.717) is 5.76 Å². The van der Waals surface area contributed by atoms with Gasteiger partial charge in [0.2, 0.25) is 0 Å². The fourth-order valence-electron chi connectivity index (χ4n) is 2.55. The number of nitrogens with zero attached hydrogens (tertiary/aromatic N) is 2. The maximum Gasteiger partial charge on any atom is 0.331 e. The summed E-state index contributed by atoms with van der Waals surface area (Å²) in [5.74, 6) is -0.926. The monoisotopic (exact) mass is 365 g/mol. The molecule has 0 aliphatic carbocycles. The number of barbiturate groups is 1. The molecule has 1 aliphatic heterocycles. The van der Waals surface area contributed by atoms with Gasteiger partial charge in [-0.1, -0.05) is 24.3 Å². The Morgan fingerprint density at radius 3 is 2.48 bits per heavy atom. The van der Waals surface area contributed by atoms with Crippen molar-refractivity contribution in [3.63, 3.8) is 0 Å². The molecule has 1 fully saturated rings. The molecule has 1 aromatic carbocycles. The zero-order valence-corrected chi connectivity index (χ0v) is 15.0. The normalized spacial score (nSPS) is 16.3. The Morgan fingerprint density at radius 1 is 1.11 bits per heavy atom. The number of benzene rings is 1. The van der Waals surface area contributed by atoms with Crippen molar-refractivity contribution in [1.29, 1.82) is 0 Å². The van der Waals surface area contributed by atoms with Crippen molar-refractivity contribution in [2.75, 3.05) is 19.0 Å². The van der Waals surface area contributed by atoms with E-state index >= 15 is 0 Å². The first kappa shape index (κ1) is 18.2. The summed E-state index contributed by atoms with van der Waals surface area (Å²) >= 11 is 0. The lowest BCUT2D eigenvalue weighted by molar-refractivity contribution is -0.130. The molecule has 7 heteroatoms. The van der Waals surface area contributed by atoms with Gasteiger partial charge in [0.25, 0.3) is 11.8 Å². The van der Waals surface area contributed by atoms with Gasteiger partial charge in [-0.05, 0) is 35.9 Å². The lowest BCUT2D eigenvalue weighted by atomic mass is 10.1. The summed E-state index contributed by atoms with van der Waals surface area (Å²) in [6.07, 6.45) is 6.24. The SMILES string of the molecule is CN(C)c1ccc(C=CC=C2C(=O)NC(=O)N(Cc3ccco3)C2=O)cc1. The molecule has 0 unspecified atom stereocenters. The molecule has 1 aromatic heterocycles. The number of furan rings is 1. The van der Waals surface area contributed by atoms with Crippen LogP contribution in [0, 0.1) is 0 Å². The predicted octanol–water partition coefficient (Wildman–Crippen LogP) is 2.56. The van der Waals surface area contributed by atoms with Crippen molar-refractivity contribution < 1.29 is 18.8 Å². The largest absolute Gasteiger partial charge is 0.467 e. The number of allylic oxidation sites excluding steroid dienone is 2.